The number of fused-ring (bicyclic) bond motifs is 2. The van der Waals surface area contributed by atoms with Gasteiger partial charge in [0, 0.05) is 37.2 Å². The molecule has 5 aromatic rings. The van der Waals surface area contributed by atoms with Crippen LogP contribution in [0, 0.1) is 0 Å². The second-order valence-corrected chi connectivity index (χ2v) is 9.60. The van der Waals surface area contributed by atoms with Gasteiger partial charge in [0.05, 0.1) is 17.1 Å². The van der Waals surface area contributed by atoms with Gasteiger partial charge in [0.25, 0.3) is 0 Å². The van der Waals surface area contributed by atoms with E-state index in [2.05, 4.69) is 64.5 Å². The Morgan fingerprint density at radius 3 is 2.11 bits per heavy atom. The summed E-state index contributed by atoms with van der Waals surface area (Å²) in [6.07, 6.45) is 0.883. The quantitative estimate of drug-likeness (QED) is 0.235. The Bertz CT molecular complexity index is 1570. The normalized spacial score (nSPS) is 11.2. The Morgan fingerprint density at radius 2 is 1.50 bits per heavy atom. The van der Waals surface area contributed by atoms with Gasteiger partial charge >= 0.3 is 6.03 Å². The van der Waals surface area contributed by atoms with Crippen LogP contribution in [-0.4, -0.2) is 34.8 Å². The van der Waals surface area contributed by atoms with Crippen LogP contribution in [0.4, 0.5) is 10.5 Å². The number of carbonyl (C=O) groups is 2. The summed E-state index contributed by atoms with van der Waals surface area (Å²) in [5.74, 6) is -0.0215. The maximum atomic E-state index is 12.1. The molecule has 0 aliphatic carbocycles. The van der Waals surface area contributed by atoms with E-state index in [-0.39, 0.29) is 18.0 Å². The molecule has 7 heteroatoms. The van der Waals surface area contributed by atoms with Crippen LogP contribution in [0.2, 0.25) is 0 Å². The SMILES string of the molecule is CNC(=O)CCc1cc(-c2c3ccccc3cc3ccccc23)n(-c2ccc(NC(=O)NC(C)C)cc2)n1. The van der Waals surface area contributed by atoms with Gasteiger partial charge < -0.3 is 16.0 Å². The van der Waals surface area contributed by atoms with E-state index in [9.17, 15) is 9.59 Å². The van der Waals surface area contributed by atoms with E-state index < -0.39 is 0 Å². The zero-order valence-corrected chi connectivity index (χ0v) is 21.8. The van der Waals surface area contributed by atoms with Gasteiger partial charge in [0.15, 0.2) is 0 Å². The number of amides is 3. The molecule has 0 unspecified atom stereocenters. The first-order chi connectivity index (χ1) is 18.4. The molecule has 0 saturated heterocycles. The van der Waals surface area contributed by atoms with Crippen molar-refractivity contribution in [2.24, 2.45) is 0 Å². The van der Waals surface area contributed by atoms with E-state index in [0.717, 1.165) is 44.2 Å². The number of anilines is 1. The first kappa shape index (κ1) is 25.0. The third-order valence-corrected chi connectivity index (χ3v) is 6.46. The van der Waals surface area contributed by atoms with Gasteiger partial charge in [-0.3, -0.25) is 4.79 Å². The van der Waals surface area contributed by atoms with Crippen molar-refractivity contribution in [2.75, 3.05) is 12.4 Å². The Morgan fingerprint density at radius 1 is 0.868 bits per heavy atom. The minimum Gasteiger partial charge on any atom is -0.359 e. The number of aryl methyl sites for hydroxylation is 1. The van der Waals surface area contributed by atoms with E-state index in [0.29, 0.717) is 18.5 Å². The van der Waals surface area contributed by atoms with E-state index in [1.54, 1.807) is 7.05 Å². The molecule has 7 nitrogen and oxygen atoms in total. The van der Waals surface area contributed by atoms with Gasteiger partial charge in [-0.1, -0.05) is 48.5 Å². The van der Waals surface area contributed by atoms with Gasteiger partial charge in [-0.15, -0.1) is 0 Å². The highest BCUT2D eigenvalue weighted by atomic mass is 16.2. The maximum Gasteiger partial charge on any atom is 0.319 e. The monoisotopic (exact) mass is 505 g/mol. The minimum atomic E-state index is -0.244. The molecular formula is C31H31N5O2. The molecule has 0 fully saturated rings. The highest BCUT2D eigenvalue weighted by molar-refractivity contribution is 6.12. The van der Waals surface area contributed by atoms with Gasteiger partial charge in [0.1, 0.15) is 0 Å². The second kappa shape index (κ2) is 10.8. The zero-order chi connectivity index (χ0) is 26.6. The summed E-state index contributed by atoms with van der Waals surface area (Å²) >= 11 is 0. The lowest BCUT2D eigenvalue weighted by atomic mass is 9.94. The Hall–Kier alpha value is -4.65. The van der Waals surface area contributed by atoms with Crippen LogP contribution in [-0.2, 0) is 11.2 Å². The fourth-order valence-electron chi connectivity index (χ4n) is 4.70. The van der Waals surface area contributed by atoms with Crippen LogP contribution >= 0.6 is 0 Å². The molecule has 3 N–H and O–H groups in total. The van der Waals surface area contributed by atoms with Crippen LogP contribution in [0.1, 0.15) is 26.0 Å². The van der Waals surface area contributed by atoms with Crippen molar-refractivity contribution in [3.05, 3.63) is 90.6 Å². The number of carbonyl (C=O) groups excluding carboxylic acids is 2. The lowest BCUT2D eigenvalue weighted by Gasteiger charge is -2.14. The van der Waals surface area contributed by atoms with Crippen molar-refractivity contribution < 1.29 is 9.59 Å². The number of hydrogen-bond donors (Lipinski definition) is 3. The zero-order valence-electron chi connectivity index (χ0n) is 21.8. The molecule has 0 atom stereocenters. The van der Waals surface area contributed by atoms with E-state index >= 15 is 0 Å². The third-order valence-electron chi connectivity index (χ3n) is 6.46. The number of nitrogens with one attached hydrogen (secondary N) is 3. The molecule has 1 aromatic heterocycles. The maximum absolute atomic E-state index is 12.1. The molecule has 192 valence electrons. The van der Waals surface area contributed by atoms with Crippen molar-refractivity contribution in [1.29, 1.82) is 0 Å². The molecule has 3 amide bonds. The van der Waals surface area contributed by atoms with E-state index in [4.69, 9.17) is 5.10 Å². The average molecular weight is 506 g/mol. The van der Waals surface area contributed by atoms with Crippen molar-refractivity contribution in [1.82, 2.24) is 20.4 Å². The van der Waals surface area contributed by atoms with Crippen LogP contribution in [0.15, 0.2) is 84.9 Å². The van der Waals surface area contributed by atoms with E-state index in [1.165, 1.54) is 0 Å². The van der Waals surface area contributed by atoms with Crippen molar-refractivity contribution in [3.8, 4) is 16.9 Å². The number of hydrogen-bond acceptors (Lipinski definition) is 3. The Labute approximate surface area is 221 Å². The number of rotatable bonds is 7. The number of urea groups is 1. The summed E-state index contributed by atoms with van der Waals surface area (Å²) in [5.41, 5.74) is 4.42. The lowest BCUT2D eigenvalue weighted by molar-refractivity contribution is -0.120. The molecular weight excluding hydrogens is 474 g/mol. The van der Waals surface area contributed by atoms with Gasteiger partial charge in [0.2, 0.25) is 5.91 Å². The fourth-order valence-corrected chi connectivity index (χ4v) is 4.70. The van der Waals surface area contributed by atoms with Crippen LogP contribution in [0.3, 0.4) is 0 Å². The molecule has 0 spiro atoms. The molecule has 0 bridgehead atoms. The summed E-state index contributed by atoms with van der Waals surface area (Å²) in [4.78, 5) is 24.1. The van der Waals surface area contributed by atoms with E-state index in [1.807, 2.05) is 54.9 Å². The fraction of sp³-hybridized carbons (Fsp3) is 0.194. The molecule has 0 radical (unpaired) electrons. The van der Waals surface area contributed by atoms with Crippen LogP contribution < -0.4 is 16.0 Å². The molecule has 38 heavy (non-hydrogen) atoms. The highest BCUT2D eigenvalue weighted by Gasteiger charge is 2.18. The molecule has 0 aliphatic heterocycles. The number of nitrogens with zero attached hydrogens (tertiary/aromatic N) is 2. The van der Waals surface area contributed by atoms with Crippen LogP contribution in [0.5, 0.6) is 0 Å². The first-order valence-electron chi connectivity index (χ1n) is 12.8. The van der Waals surface area contributed by atoms with Crippen molar-refractivity contribution in [3.63, 3.8) is 0 Å². The molecule has 0 saturated carbocycles. The van der Waals surface area contributed by atoms with Gasteiger partial charge in [-0.05, 0) is 71.8 Å². The average Bonchev–Trinajstić information content (AvgIpc) is 3.34. The Balaban J connectivity index is 1.63. The molecule has 4 aromatic carbocycles. The van der Waals surface area contributed by atoms with Gasteiger partial charge in [-0.2, -0.15) is 5.10 Å². The summed E-state index contributed by atoms with van der Waals surface area (Å²) in [6, 6.07) is 28.4. The second-order valence-electron chi connectivity index (χ2n) is 9.60. The number of benzene rings is 4. The van der Waals surface area contributed by atoms with Gasteiger partial charge in [-0.25, -0.2) is 9.48 Å². The van der Waals surface area contributed by atoms with Crippen molar-refractivity contribution in [2.45, 2.75) is 32.7 Å². The summed E-state index contributed by atoms with van der Waals surface area (Å²) in [5, 5.41) is 17.9. The first-order valence-corrected chi connectivity index (χ1v) is 12.8. The topological polar surface area (TPSA) is 88.0 Å². The molecule has 1 heterocycles. The highest BCUT2D eigenvalue weighted by Crippen LogP contribution is 2.38. The smallest absolute Gasteiger partial charge is 0.319 e. The minimum absolute atomic E-state index is 0.0215. The lowest BCUT2D eigenvalue weighted by Crippen LogP contribution is -2.34. The summed E-state index contributed by atoms with van der Waals surface area (Å²) in [7, 11) is 1.64. The summed E-state index contributed by atoms with van der Waals surface area (Å²) in [6.45, 7) is 3.83. The number of aromatic nitrogens is 2. The van der Waals surface area contributed by atoms with Crippen LogP contribution in [0.25, 0.3) is 38.5 Å². The Kier molecular flexibility index (Phi) is 7.09. The predicted octanol–water partition coefficient (Wildman–Crippen LogP) is 6.05. The molecule has 5 rings (SSSR count). The molecule has 0 aliphatic rings. The predicted molar refractivity (Wildman–Crippen MR) is 154 cm³/mol. The summed E-state index contributed by atoms with van der Waals surface area (Å²) < 4.78 is 1.94. The van der Waals surface area contributed by atoms with Crippen molar-refractivity contribution >= 4 is 39.2 Å². The third kappa shape index (κ3) is 5.22. The standard InChI is InChI=1S/C31H31N5O2/c1-20(2)33-31(38)34-23-12-15-25(16-13-23)36-28(19-24(35-36)14-17-29(37)32-3)30-26-10-6-4-8-21(26)18-22-9-5-7-11-27(22)30/h4-13,15-16,18-20H,14,17H2,1-3H3,(H,32,37)(H2,33,34,38). The largest absolute Gasteiger partial charge is 0.359 e.